The summed E-state index contributed by atoms with van der Waals surface area (Å²) in [7, 11) is 1.90. The van der Waals surface area contributed by atoms with E-state index in [1.165, 1.54) is 6.42 Å². The van der Waals surface area contributed by atoms with Crippen molar-refractivity contribution in [1.29, 1.82) is 0 Å². The number of aromatic nitrogens is 1. The molecule has 194 valence electrons. The average Bonchev–Trinajstić information content (AvgIpc) is 3.36. The summed E-state index contributed by atoms with van der Waals surface area (Å²) in [5, 5.41) is 7.42. The lowest BCUT2D eigenvalue weighted by atomic mass is 9.90. The zero-order chi connectivity index (χ0) is 25.6. The number of nitrogens with zero attached hydrogens (tertiary/aromatic N) is 2. The largest absolute Gasteiger partial charge is 0.492 e. The quantitative estimate of drug-likeness (QED) is 0.315. The molecule has 2 fully saturated rings. The molecule has 3 aromatic rings. The van der Waals surface area contributed by atoms with Gasteiger partial charge < -0.3 is 25.0 Å². The number of rotatable bonds is 10. The highest BCUT2D eigenvalue weighted by Gasteiger charge is 2.35. The first kappa shape index (κ1) is 25.3. The Morgan fingerprint density at radius 3 is 2.76 bits per heavy atom. The standard InChI is InChI=1S/C30H35FN4O2/c1-3-4-5-13-37-30-17-28-25(15-26(30)31)29(35-19-22-10-11-33-18-23(22)20-35)16-27(34-28)21-6-8-24(9-7-21)36-14-12-32-2/h1,6-9,15-17,22-23,32-33H,4-5,10-14,18-20H2,2H3/t22-,23+/m0/s1. The summed E-state index contributed by atoms with van der Waals surface area (Å²) in [6.07, 6.45) is 7.79. The lowest BCUT2D eigenvalue weighted by molar-refractivity contribution is 0.298. The summed E-state index contributed by atoms with van der Waals surface area (Å²) in [5.74, 6) is 4.53. The Morgan fingerprint density at radius 2 is 1.97 bits per heavy atom. The van der Waals surface area contributed by atoms with Gasteiger partial charge in [0, 0.05) is 48.8 Å². The Hall–Kier alpha value is -3.34. The van der Waals surface area contributed by atoms with E-state index < -0.39 is 0 Å². The van der Waals surface area contributed by atoms with Crippen LogP contribution in [0.25, 0.3) is 22.2 Å². The second-order valence-corrected chi connectivity index (χ2v) is 9.88. The molecule has 2 aromatic carbocycles. The zero-order valence-electron chi connectivity index (χ0n) is 21.4. The van der Waals surface area contributed by atoms with E-state index in [9.17, 15) is 0 Å². The van der Waals surface area contributed by atoms with Gasteiger partial charge in [0.15, 0.2) is 11.6 Å². The number of pyridine rings is 1. The van der Waals surface area contributed by atoms with Gasteiger partial charge in [-0.3, -0.25) is 0 Å². The number of nitrogens with one attached hydrogen (secondary N) is 2. The molecular weight excluding hydrogens is 467 g/mol. The number of fused-ring (bicyclic) bond motifs is 2. The number of ether oxygens (including phenoxy) is 2. The van der Waals surface area contributed by atoms with Gasteiger partial charge in [0.05, 0.1) is 17.8 Å². The lowest BCUT2D eigenvalue weighted by Crippen LogP contribution is -2.35. The predicted molar refractivity (Wildman–Crippen MR) is 147 cm³/mol. The van der Waals surface area contributed by atoms with Gasteiger partial charge in [-0.1, -0.05) is 0 Å². The molecule has 2 atom stereocenters. The molecule has 7 heteroatoms. The second-order valence-electron chi connectivity index (χ2n) is 9.88. The van der Waals surface area contributed by atoms with Crippen LogP contribution in [0.2, 0.25) is 0 Å². The highest BCUT2D eigenvalue weighted by Crippen LogP contribution is 2.39. The molecule has 2 saturated heterocycles. The third-order valence-corrected chi connectivity index (χ3v) is 7.35. The first-order valence-corrected chi connectivity index (χ1v) is 13.2. The number of piperidine rings is 1. The number of likely N-dealkylation sites (N-methyl/N-ethyl adjacent to an activating group) is 1. The minimum absolute atomic E-state index is 0.215. The first-order valence-electron chi connectivity index (χ1n) is 13.2. The molecule has 1 aromatic heterocycles. The Labute approximate surface area is 218 Å². The van der Waals surface area contributed by atoms with Gasteiger partial charge in [-0.25, -0.2) is 9.37 Å². The van der Waals surface area contributed by atoms with E-state index in [1.807, 2.05) is 31.3 Å². The Bertz CT molecular complexity index is 1240. The van der Waals surface area contributed by atoms with Crippen LogP contribution in [-0.4, -0.2) is 58.0 Å². The Kier molecular flexibility index (Phi) is 8.08. The molecule has 2 aliphatic heterocycles. The van der Waals surface area contributed by atoms with Gasteiger partial charge in [0.2, 0.25) is 0 Å². The van der Waals surface area contributed by atoms with Crippen molar-refractivity contribution in [1.82, 2.24) is 15.6 Å². The van der Waals surface area contributed by atoms with Crippen molar-refractivity contribution in [2.24, 2.45) is 11.8 Å². The molecule has 37 heavy (non-hydrogen) atoms. The summed E-state index contributed by atoms with van der Waals surface area (Å²) >= 11 is 0. The SMILES string of the molecule is C#CCCCOc1cc2nc(-c3ccc(OCCNC)cc3)cc(N3C[C@H]4CNCC[C@H]4C3)c2cc1F. The topological polar surface area (TPSA) is 58.7 Å². The minimum Gasteiger partial charge on any atom is -0.492 e. The van der Waals surface area contributed by atoms with Crippen LogP contribution >= 0.6 is 0 Å². The molecule has 0 spiro atoms. The summed E-state index contributed by atoms with van der Waals surface area (Å²) in [4.78, 5) is 7.37. The number of halogens is 1. The maximum atomic E-state index is 15.1. The van der Waals surface area contributed by atoms with Crippen molar-refractivity contribution in [2.45, 2.75) is 19.3 Å². The van der Waals surface area contributed by atoms with E-state index in [4.69, 9.17) is 20.9 Å². The van der Waals surface area contributed by atoms with Crippen LogP contribution in [0.4, 0.5) is 10.1 Å². The smallest absolute Gasteiger partial charge is 0.165 e. The molecule has 0 aliphatic carbocycles. The fraction of sp³-hybridized carbons (Fsp3) is 0.433. The van der Waals surface area contributed by atoms with Gasteiger partial charge in [-0.05, 0) is 81.2 Å². The molecule has 2 N–H and O–H groups in total. The van der Waals surface area contributed by atoms with Crippen molar-refractivity contribution < 1.29 is 13.9 Å². The van der Waals surface area contributed by atoms with Crippen molar-refractivity contribution >= 4 is 16.6 Å². The third-order valence-electron chi connectivity index (χ3n) is 7.35. The van der Waals surface area contributed by atoms with Crippen LogP contribution in [0.3, 0.4) is 0 Å². The molecule has 2 aliphatic rings. The van der Waals surface area contributed by atoms with E-state index in [0.717, 1.165) is 66.3 Å². The number of terminal acetylenes is 1. The normalized spacial score (nSPS) is 19.0. The van der Waals surface area contributed by atoms with Gasteiger partial charge in [-0.2, -0.15) is 0 Å². The van der Waals surface area contributed by atoms with Crippen LogP contribution in [0.15, 0.2) is 42.5 Å². The summed E-state index contributed by atoms with van der Waals surface area (Å²) in [5.41, 5.74) is 3.59. The molecule has 6 nitrogen and oxygen atoms in total. The summed E-state index contributed by atoms with van der Waals surface area (Å²) < 4.78 is 26.7. The molecule has 0 unspecified atom stereocenters. The van der Waals surface area contributed by atoms with E-state index in [0.29, 0.717) is 37.9 Å². The van der Waals surface area contributed by atoms with E-state index >= 15 is 4.39 Å². The van der Waals surface area contributed by atoms with Crippen LogP contribution in [0.1, 0.15) is 19.3 Å². The third kappa shape index (κ3) is 5.82. The Balaban J connectivity index is 1.50. The van der Waals surface area contributed by atoms with Gasteiger partial charge in [0.1, 0.15) is 12.4 Å². The summed E-state index contributed by atoms with van der Waals surface area (Å²) in [6, 6.07) is 13.4. The molecule has 0 amide bonds. The molecule has 5 rings (SSSR count). The number of unbranched alkanes of at least 4 members (excludes halogenated alkanes) is 1. The van der Waals surface area contributed by atoms with Gasteiger partial charge >= 0.3 is 0 Å². The maximum Gasteiger partial charge on any atom is 0.165 e. The predicted octanol–water partition coefficient (Wildman–Crippen LogP) is 4.48. The second kappa shape index (κ2) is 11.8. The molecule has 0 saturated carbocycles. The zero-order valence-corrected chi connectivity index (χ0v) is 21.4. The molecule has 3 heterocycles. The molecule has 0 radical (unpaired) electrons. The van der Waals surface area contributed by atoms with Crippen molar-refractivity contribution in [2.75, 3.05) is 57.9 Å². The highest BCUT2D eigenvalue weighted by atomic mass is 19.1. The Morgan fingerprint density at radius 1 is 1.14 bits per heavy atom. The van der Waals surface area contributed by atoms with E-state index in [1.54, 1.807) is 12.1 Å². The van der Waals surface area contributed by atoms with Crippen LogP contribution < -0.4 is 25.0 Å². The van der Waals surface area contributed by atoms with Gasteiger partial charge in [-0.15, -0.1) is 12.3 Å². The van der Waals surface area contributed by atoms with Crippen molar-refractivity contribution in [3.63, 3.8) is 0 Å². The first-order chi connectivity index (χ1) is 18.2. The van der Waals surface area contributed by atoms with Crippen molar-refractivity contribution in [3.8, 4) is 35.1 Å². The van der Waals surface area contributed by atoms with Crippen LogP contribution in [0.5, 0.6) is 11.5 Å². The number of benzene rings is 2. The molecular formula is C30H35FN4O2. The maximum absolute atomic E-state index is 15.1. The van der Waals surface area contributed by atoms with Crippen molar-refractivity contribution in [3.05, 3.63) is 48.3 Å². The highest BCUT2D eigenvalue weighted by molar-refractivity contribution is 5.95. The number of hydrogen-bond acceptors (Lipinski definition) is 6. The average molecular weight is 503 g/mol. The van der Waals surface area contributed by atoms with Crippen LogP contribution in [0, 0.1) is 30.0 Å². The number of hydrogen-bond donors (Lipinski definition) is 2. The monoisotopic (exact) mass is 502 g/mol. The number of anilines is 1. The fourth-order valence-electron chi connectivity index (χ4n) is 5.35. The minimum atomic E-state index is -0.370. The van der Waals surface area contributed by atoms with E-state index in [2.05, 4.69) is 27.5 Å². The van der Waals surface area contributed by atoms with E-state index in [-0.39, 0.29) is 11.6 Å². The fourth-order valence-corrected chi connectivity index (χ4v) is 5.35. The molecule has 0 bridgehead atoms. The van der Waals surface area contributed by atoms with Gasteiger partial charge in [0.25, 0.3) is 0 Å². The van der Waals surface area contributed by atoms with Crippen LogP contribution in [-0.2, 0) is 0 Å². The summed E-state index contributed by atoms with van der Waals surface area (Å²) in [6.45, 7) is 5.81. The lowest BCUT2D eigenvalue weighted by Gasteiger charge is -2.23.